The van der Waals surface area contributed by atoms with Crippen LogP contribution in [-0.2, 0) is 6.54 Å². The van der Waals surface area contributed by atoms with Crippen molar-refractivity contribution in [2.75, 3.05) is 33.2 Å². The first-order valence-electron chi connectivity index (χ1n) is 9.76. The second kappa shape index (κ2) is 8.95. The van der Waals surface area contributed by atoms with Crippen molar-refractivity contribution in [3.63, 3.8) is 0 Å². The molecule has 0 saturated carbocycles. The maximum atomic E-state index is 12.4. The fourth-order valence-electron chi connectivity index (χ4n) is 4.36. The third-order valence-corrected chi connectivity index (χ3v) is 5.61. The van der Waals surface area contributed by atoms with Crippen LogP contribution < -0.4 is 5.32 Å². The highest BCUT2D eigenvalue weighted by Crippen LogP contribution is 2.31. The lowest BCUT2D eigenvalue weighted by Crippen LogP contribution is -2.56. The van der Waals surface area contributed by atoms with Gasteiger partial charge in [0.15, 0.2) is 5.96 Å². The summed E-state index contributed by atoms with van der Waals surface area (Å²) < 4.78 is 37.2. The molecule has 0 bridgehead atoms. The second-order valence-electron chi connectivity index (χ2n) is 7.50. The predicted molar refractivity (Wildman–Crippen MR) is 102 cm³/mol. The van der Waals surface area contributed by atoms with E-state index in [1.807, 2.05) is 6.07 Å². The monoisotopic (exact) mass is 382 g/mol. The zero-order valence-corrected chi connectivity index (χ0v) is 15.9. The lowest BCUT2D eigenvalue weighted by molar-refractivity contribution is -0.132. The van der Waals surface area contributed by atoms with Crippen LogP contribution in [0.5, 0.6) is 0 Å². The first-order chi connectivity index (χ1) is 13.0. The Balaban J connectivity index is 1.56. The van der Waals surface area contributed by atoms with Gasteiger partial charge in [0.2, 0.25) is 0 Å². The van der Waals surface area contributed by atoms with E-state index in [1.54, 1.807) is 7.05 Å². The van der Waals surface area contributed by atoms with Gasteiger partial charge >= 0.3 is 6.18 Å². The number of nitrogens with one attached hydrogen (secondary N) is 1. The molecule has 1 aromatic rings. The first kappa shape index (κ1) is 20.0. The van der Waals surface area contributed by atoms with Gasteiger partial charge in [0.1, 0.15) is 0 Å². The summed E-state index contributed by atoms with van der Waals surface area (Å²) in [5, 5.41) is 2.88. The van der Waals surface area contributed by atoms with Gasteiger partial charge in [0.05, 0.1) is 6.42 Å². The molecule has 0 spiro atoms. The Bertz CT molecular complexity index is 617. The van der Waals surface area contributed by atoms with Gasteiger partial charge in [-0.05, 0) is 37.3 Å². The number of likely N-dealkylation sites (tertiary alicyclic amines) is 2. The third-order valence-electron chi connectivity index (χ3n) is 5.61. The van der Waals surface area contributed by atoms with Crippen molar-refractivity contribution in [1.29, 1.82) is 0 Å². The number of halogens is 3. The van der Waals surface area contributed by atoms with Gasteiger partial charge in [-0.25, -0.2) is 0 Å². The Labute approximate surface area is 159 Å². The normalized spacial score (nSPS) is 24.6. The van der Waals surface area contributed by atoms with Crippen LogP contribution in [-0.4, -0.2) is 61.2 Å². The molecule has 2 atom stereocenters. The molecule has 3 rings (SSSR count). The highest BCUT2D eigenvalue weighted by Gasteiger charge is 2.36. The zero-order chi connectivity index (χ0) is 19.3. The first-order valence-corrected chi connectivity index (χ1v) is 9.76. The standard InChI is InChI=1S/C20H29F3N4/c1-24-19(25-11-10-20(21,22)23)27-13-9-18-17(15-27)8-5-12-26(18)14-16-6-3-2-4-7-16/h2-4,6-7,17-18H,5,8-15H2,1H3,(H,24,25). The lowest BCUT2D eigenvalue weighted by Gasteiger charge is -2.48. The number of fused-ring (bicyclic) bond motifs is 1. The van der Waals surface area contributed by atoms with E-state index < -0.39 is 12.6 Å². The lowest BCUT2D eigenvalue weighted by atomic mass is 9.83. The maximum Gasteiger partial charge on any atom is 0.390 e. The Hall–Kier alpha value is -1.76. The van der Waals surface area contributed by atoms with E-state index in [0.717, 1.165) is 32.6 Å². The summed E-state index contributed by atoms with van der Waals surface area (Å²) in [6.45, 7) is 3.66. The molecule has 2 saturated heterocycles. The van der Waals surface area contributed by atoms with Crippen molar-refractivity contribution in [3.05, 3.63) is 35.9 Å². The molecule has 2 fully saturated rings. The number of hydrogen-bond acceptors (Lipinski definition) is 2. The van der Waals surface area contributed by atoms with Crippen LogP contribution >= 0.6 is 0 Å². The molecule has 27 heavy (non-hydrogen) atoms. The van der Waals surface area contributed by atoms with E-state index in [4.69, 9.17) is 0 Å². The maximum absolute atomic E-state index is 12.4. The van der Waals surface area contributed by atoms with Crippen molar-refractivity contribution in [1.82, 2.24) is 15.1 Å². The van der Waals surface area contributed by atoms with Crippen LogP contribution in [0.15, 0.2) is 35.3 Å². The molecule has 2 unspecified atom stereocenters. The number of rotatable bonds is 4. The van der Waals surface area contributed by atoms with E-state index in [2.05, 4.69) is 44.4 Å². The highest BCUT2D eigenvalue weighted by atomic mass is 19.4. The average molecular weight is 382 g/mol. The molecule has 0 radical (unpaired) electrons. The number of aliphatic imine (C=N–C) groups is 1. The van der Waals surface area contributed by atoms with Gasteiger partial charge in [-0.3, -0.25) is 9.89 Å². The van der Waals surface area contributed by atoms with Gasteiger partial charge in [0, 0.05) is 39.3 Å². The molecule has 0 amide bonds. The molecule has 2 aliphatic rings. The summed E-state index contributed by atoms with van der Waals surface area (Å²) in [6.07, 6.45) is -1.61. The average Bonchev–Trinajstić information content (AvgIpc) is 2.65. The Morgan fingerprint density at radius 1 is 1.19 bits per heavy atom. The third kappa shape index (κ3) is 5.61. The van der Waals surface area contributed by atoms with Gasteiger partial charge in [0.25, 0.3) is 0 Å². The van der Waals surface area contributed by atoms with Crippen LogP contribution in [0.25, 0.3) is 0 Å². The molecule has 0 aromatic heterocycles. The highest BCUT2D eigenvalue weighted by molar-refractivity contribution is 5.80. The van der Waals surface area contributed by atoms with Crippen molar-refractivity contribution in [2.45, 2.75) is 44.4 Å². The summed E-state index contributed by atoms with van der Waals surface area (Å²) in [4.78, 5) is 8.92. The van der Waals surface area contributed by atoms with E-state index in [-0.39, 0.29) is 6.54 Å². The Morgan fingerprint density at radius 3 is 2.67 bits per heavy atom. The number of benzene rings is 1. The molecular formula is C20H29F3N4. The molecule has 1 N–H and O–H groups in total. The quantitative estimate of drug-likeness (QED) is 0.639. The molecule has 0 aliphatic carbocycles. The van der Waals surface area contributed by atoms with E-state index in [9.17, 15) is 13.2 Å². The minimum Gasteiger partial charge on any atom is -0.356 e. The summed E-state index contributed by atoms with van der Waals surface area (Å²) in [5.41, 5.74) is 1.34. The smallest absolute Gasteiger partial charge is 0.356 e. The van der Waals surface area contributed by atoms with Crippen molar-refractivity contribution >= 4 is 5.96 Å². The van der Waals surface area contributed by atoms with Gasteiger partial charge in [-0.1, -0.05) is 30.3 Å². The molecule has 2 aliphatic heterocycles. The second-order valence-corrected chi connectivity index (χ2v) is 7.50. The molecule has 150 valence electrons. The molecular weight excluding hydrogens is 353 g/mol. The van der Waals surface area contributed by atoms with Gasteiger partial charge in [-0.2, -0.15) is 13.2 Å². The Kier molecular flexibility index (Phi) is 6.63. The minimum absolute atomic E-state index is 0.124. The number of alkyl halides is 3. The number of piperidine rings is 2. The summed E-state index contributed by atoms with van der Waals surface area (Å²) >= 11 is 0. The predicted octanol–water partition coefficient (Wildman–Crippen LogP) is 3.50. The fourth-order valence-corrected chi connectivity index (χ4v) is 4.36. The SMILES string of the molecule is CN=C(NCCC(F)(F)F)N1CCC2C(CCCN2Cc2ccccc2)C1. The zero-order valence-electron chi connectivity index (χ0n) is 15.9. The molecule has 2 heterocycles. The number of hydrogen-bond donors (Lipinski definition) is 1. The van der Waals surface area contributed by atoms with Gasteiger partial charge < -0.3 is 10.2 Å². The summed E-state index contributed by atoms with van der Waals surface area (Å²) in [5.74, 6) is 1.13. The topological polar surface area (TPSA) is 30.9 Å². The largest absolute Gasteiger partial charge is 0.390 e. The summed E-state index contributed by atoms with van der Waals surface area (Å²) in [7, 11) is 1.64. The van der Waals surface area contributed by atoms with Crippen LogP contribution in [0, 0.1) is 5.92 Å². The van der Waals surface area contributed by atoms with Crippen molar-refractivity contribution in [2.24, 2.45) is 10.9 Å². The molecule has 4 nitrogen and oxygen atoms in total. The van der Waals surface area contributed by atoms with Crippen LogP contribution in [0.2, 0.25) is 0 Å². The van der Waals surface area contributed by atoms with Gasteiger partial charge in [-0.15, -0.1) is 0 Å². The fraction of sp³-hybridized carbons (Fsp3) is 0.650. The van der Waals surface area contributed by atoms with Crippen molar-refractivity contribution in [3.8, 4) is 0 Å². The van der Waals surface area contributed by atoms with E-state index in [0.29, 0.717) is 17.9 Å². The minimum atomic E-state index is -4.14. The molecule has 7 heteroatoms. The van der Waals surface area contributed by atoms with E-state index >= 15 is 0 Å². The summed E-state index contributed by atoms with van der Waals surface area (Å²) in [6, 6.07) is 11.1. The van der Waals surface area contributed by atoms with Crippen LogP contribution in [0.4, 0.5) is 13.2 Å². The number of guanidine groups is 1. The number of nitrogens with zero attached hydrogens (tertiary/aromatic N) is 3. The van der Waals surface area contributed by atoms with Crippen LogP contribution in [0.1, 0.15) is 31.2 Å². The molecule has 1 aromatic carbocycles. The van der Waals surface area contributed by atoms with E-state index in [1.165, 1.54) is 18.4 Å². The van der Waals surface area contributed by atoms with Crippen molar-refractivity contribution < 1.29 is 13.2 Å². The Morgan fingerprint density at radius 2 is 1.96 bits per heavy atom. The van der Waals surface area contributed by atoms with Crippen LogP contribution in [0.3, 0.4) is 0 Å².